The maximum absolute atomic E-state index is 12.0. The Kier molecular flexibility index (Phi) is 3.20. The van der Waals surface area contributed by atoms with E-state index in [0.717, 1.165) is 30.8 Å². The van der Waals surface area contributed by atoms with Gasteiger partial charge in [-0.1, -0.05) is 18.2 Å². The minimum absolute atomic E-state index is 0.108. The van der Waals surface area contributed by atoms with Gasteiger partial charge in [0.05, 0.1) is 11.3 Å². The molecule has 4 rings (SSSR count). The molecule has 0 bridgehead atoms. The quantitative estimate of drug-likeness (QED) is 0.760. The van der Waals surface area contributed by atoms with E-state index in [9.17, 15) is 4.79 Å². The van der Waals surface area contributed by atoms with Gasteiger partial charge in [-0.15, -0.1) is 11.3 Å². The number of rotatable bonds is 2. The van der Waals surface area contributed by atoms with Crippen LogP contribution in [0.5, 0.6) is 0 Å². The molecule has 1 aliphatic heterocycles. The number of nitrogens with zero attached hydrogens (tertiary/aromatic N) is 2. The van der Waals surface area contributed by atoms with Gasteiger partial charge in [-0.05, 0) is 17.5 Å². The van der Waals surface area contributed by atoms with Crippen molar-refractivity contribution in [3.05, 3.63) is 56.8 Å². The molecule has 0 saturated heterocycles. The van der Waals surface area contributed by atoms with Crippen LogP contribution in [0.25, 0.3) is 10.1 Å². The molecule has 0 radical (unpaired) electrons. The van der Waals surface area contributed by atoms with Crippen molar-refractivity contribution in [3.8, 4) is 0 Å². The van der Waals surface area contributed by atoms with E-state index in [-0.39, 0.29) is 11.5 Å². The van der Waals surface area contributed by atoms with E-state index in [1.807, 2.05) is 11.3 Å². The van der Waals surface area contributed by atoms with Crippen LogP contribution in [-0.2, 0) is 19.5 Å². The average molecular weight is 312 g/mol. The van der Waals surface area contributed by atoms with Gasteiger partial charge in [0.2, 0.25) is 5.95 Å². The first-order chi connectivity index (χ1) is 10.7. The molecule has 0 aliphatic carbocycles. The summed E-state index contributed by atoms with van der Waals surface area (Å²) in [6, 6.07) is 10.6. The number of anilines is 1. The third kappa shape index (κ3) is 2.40. The zero-order chi connectivity index (χ0) is 15.1. The van der Waals surface area contributed by atoms with Crippen LogP contribution in [0.3, 0.4) is 0 Å². The summed E-state index contributed by atoms with van der Waals surface area (Å²) in [6.07, 6.45) is 0.772. The Morgan fingerprint density at radius 3 is 3.09 bits per heavy atom. The summed E-state index contributed by atoms with van der Waals surface area (Å²) in [6.45, 7) is 2.39. The van der Waals surface area contributed by atoms with Crippen LogP contribution < -0.4 is 11.3 Å². The fourth-order valence-corrected chi connectivity index (χ4v) is 4.08. The number of nitrogen functional groups attached to an aromatic ring is 1. The van der Waals surface area contributed by atoms with E-state index < -0.39 is 0 Å². The van der Waals surface area contributed by atoms with Crippen molar-refractivity contribution in [2.24, 2.45) is 0 Å². The van der Waals surface area contributed by atoms with Crippen LogP contribution in [0.4, 0.5) is 5.95 Å². The summed E-state index contributed by atoms with van der Waals surface area (Å²) in [5, 5.41) is 1.28. The van der Waals surface area contributed by atoms with Crippen LogP contribution >= 0.6 is 11.3 Å². The molecule has 2 aromatic heterocycles. The lowest BCUT2D eigenvalue weighted by molar-refractivity contribution is 0.244. The van der Waals surface area contributed by atoms with Gasteiger partial charge >= 0.3 is 0 Å². The number of fused-ring (bicyclic) bond motifs is 2. The van der Waals surface area contributed by atoms with Gasteiger partial charge in [0.25, 0.3) is 5.56 Å². The normalized spacial score (nSPS) is 15.1. The lowest BCUT2D eigenvalue weighted by atomic mass is 10.1. The first-order valence-electron chi connectivity index (χ1n) is 7.26. The smallest absolute Gasteiger partial charge is 0.257 e. The molecule has 0 atom stereocenters. The second-order valence-corrected chi connectivity index (χ2v) is 6.76. The van der Waals surface area contributed by atoms with E-state index >= 15 is 0 Å². The molecule has 0 amide bonds. The molecule has 0 unspecified atom stereocenters. The second-order valence-electron chi connectivity index (χ2n) is 5.59. The number of hydrogen-bond donors (Lipinski definition) is 2. The lowest BCUT2D eigenvalue weighted by Gasteiger charge is -2.26. The number of aromatic nitrogens is 2. The fourth-order valence-electron chi connectivity index (χ4n) is 2.97. The van der Waals surface area contributed by atoms with E-state index in [0.29, 0.717) is 6.54 Å². The summed E-state index contributed by atoms with van der Waals surface area (Å²) >= 11 is 1.82. The summed E-state index contributed by atoms with van der Waals surface area (Å²) < 4.78 is 1.31. The zero-order valence-corrected chi connectivity index (χ0v) is 12.8. The Labute approximate surface area is 131 Å². The topological polar surface area (TPSA) is 75.0 Å². The van der Waals surface area contributed by atoms with Crippen LogP contribution in [0.2, 0.25) is 0 Å². The van der Waals surface area contributed by atoms with Crippen molar-refractivity contribution in [1.82, 2.24) is 14.9 Å². The summed E-state index contributed by atoms with van der Waals surface area (Å²) in [7, 11) is 0. The predicted octanol–water partition coefficient (Wildman–Crippen LogP) is 2.13. The monoisotopic (exact) mass is 312 g/mol. The summed E-state index contributed by atoms with van der Waals surface area (Å²) in [5.74, 6) is 0.210. The summed E-state index contributed by atoms with van der Waals surface area (Å²) in [4.78, 5) is 22.5. The Hall–Kier alpha value is -2.18. The van der Waals surface area contributed by atoms with E-state index in [1.165, 1.54) is 15.0 Å². The fraction of sp³-hybridized carbons (Fsp3) is 0.250. The largest absolute Gasteiger partial charge is 0.369 e. The Balaban J connectivity index is 1.58. The number of benzene rings is 1. The molecule has 0 saturated carbocycles. The zero-order valence-electron chi connectivity index (χ0n) is 12.0. The SMILES string of the molecule is Nc1nc2c(c(=O)[nH]1)CN(Cc1cc3ccccc3s1)CC2. The van der Waals surface area contributed by atoms with Gasteiger partial charge < -0.3 is 5.73 Å². The highest BCUT2D eigenvalue weighted by Gasteiger charge is 2.21. The number of hydrogen-bond acceptors (Lipinski definition) is 5. The molecule has 3 N–H and O–H groups in total. The van der Waals surface area contributed by atoms with Gasteiger partial charge in [-0.2, -0.15) is 0 Å². The molecule has 3 aromatic rings. The highest BCUT2D eigenvalue weighted by molar-refractivity contribution is 7.19. The highest BCUT2D eigenvalue weighted by Crippen LogP contribution is 2.27. The minimum Gasteiger partial charge on any atom is -0.369 e. The predicted molar refractivity (Wildman–Crippen MR) is 88.9 cm³/mol. The van der Waals surface area contributed by atoms with Crippen LogP contribution in [-0.4, -0.2) is 21.4 Å². The maximum atomic E-state index is 12.0. The Morgan fingerprint density at radius 2 is 2.23 bits per heavy atom. The molecule has 112 valence electrons. The third-order valence-corrected chi connectivity index (χ3v) is 5.12. The third-order valence-electron chi connectivity index (χ3n) is 4.02. The minimum atomic E-state index is -0.108. The van der Waals surface area contributed by atoms with Crippen molar-refractivity contribution < 1.29 is 0 Å². The first-order valence-corrected chi connectivity index (χ1v) is 8.08. The molecule has 5 nitrogen and oxygen atoms in total. The van der Waals surface area contributed by atoms with Crippen LogP contribution in [0.15, 0.2) is 35.1 Å². The van der Waals surface area contributed by atoms with Gasteiger partial charge in [0, 0.05) is 35.6 Å². The maximum Gasteiger partial charge on any atom is 0.257 e. The molecular formula is C16H16N4OS. The molecule has 0 spiro atoms. The van der Waals surface area contributed by atoms with E-state index in [4.69, 9.17) is 5.73 Å². The molecule has 1 aromatic carbocycles. The lowest BCUT2D eigenvalue weighted by Crippen LogP contribution is -2.35. The van der Waals surface area contributed by atoms with Gasteiger partial charge in [0.1, 0.15) is 0 Å². The Bertz CT molecular complexity index is 866. The van der Waals surface area contributed by atoms with Crippen molar-refractivity contribution in [1.29, 1.82) is 0 Å². The molecule has 3 heterocycles. The molecule has 22 heavy (non-hydrogen) atoms. The summed E-state index contributed by atoms with van der Waals surface area (Å²) in [5.41, 5.74) is 7.09. The van der Waals surface area contributed by atoms with Crippen molar-refractivity contribution in [2.45, 2.75) is 19.5 Å². The van der Waals surface area contributed by atoms with Gasteiger partial charge in [-0.3, -0.25) is 14.7 Å². The van der Waals surface area contributed by atoms with Crippen LogP contribution in [0.1, 0.15) is 16.1 Å². The molecule has 6 heteroatoms. The average Bonchev–Trinajstić information content (AvgIpc) is 2.90. The number of H-pyrrole nitrogens is 1. The van der Waals surface area contributed by atoms with Crippen molar-refractivity contribution >= 4 is 27.4 Å². The first kappa shape index (κ1) is 13.5. The van der Waals surface area contributed by atoms with Crippen molar-refractivity contribution in [3.63, 3.8) is 0 Å². The highest BCUT2D eigenvalue weighted by atomic mass is 32.1. The standard InChI is InChI=1S/C16H16N4OS/c17-16-18-13-5-6-20(9-12(13)15(21)19-16)8-11-7-10-3-1-2-4-14(10)22-11/h1-4,7H,5-6,8-9H2,(H3,17,18,19,21). The van der Waals surface area contributed by atoms with E-state index in [2.05, 4.69) is 45.2 Å². The molecular weight excluding hydrogens is 296 g/mol. The number of nitrogens with two attached hydrogens (primary N) is 1. The molecule has 1 aliphatic rings. The van der Waals surface area contributed by atoms with E-state index in [1.54, 1.807) is 0 Å². The number of nitrogens with one attached hydrogen (secondary N) is 1. The number of aromatic amines is 1. The van der Waals surface area contributed by atoms with Gasteiger partial charge in [-0.25, -0.2) is 4.98 Å². The van der Waals surface area contributed by atoms with Gasteiger partial charge in [0.15, 0.2) is 0 Å². The van der Waals surface area contributed by atoms with Crippen LogP contribution in [0, 0.1) is 0 Å². The number of thiophene rings is 1. The Morgan fingerprint density at radius 1 is 1.36 bits per heavy atom. The molecule has 0 fully saturated rings. The second kappa shape index (κ2) is 5.23. The van der Waals surface area contributed by atoms with Crippen molar-refractivity contribution in [2.75, 3.05) is 12.3 Å².